The largest absolute Gasteiger partial charge is 0.495 e. The van der Waals surface area contributed by atoms with Crippen molar-refractivity contribution in [1.82, 2.24) is 0 Å². The van der Waals surface area contributed by atoms with Gasteiger partial charge >= 0.3 is 0 Å². The number of ether oxygens (including phenoxy) is 2. The van der Waals surface area contributed by atoms with Crippen LogP contribution >= 0.6 is 0 Å². The number of hydrogen-bond acceptors (Lipinski definition) is 6. The molecule has 9 heteroatoms. The molecular formula is C17H17N3O5S. The number of carbonyl (C=O) groups is 1. The lowest BCUT2D eigenvalue weighted by molar-refractivity contribution is -0.122. The molecule has 136 valence electrons. The van der Waals surface area contributed by atoms with E-state index in [1.165, 1.54) is 32.2 Å². The zero-order chi connectivity index (χ0) is 19.3. The Labute approximate surface area is 151 Å². The monoisotopic (exact) mass is 375 g/mol. The standard InChI is InChI=1S/C17H17N3O5S/c1-11(25-14-6-3-12(10-18)4-7-14)17(21)20-13-5-8-15(24-2)16(9-13)26(19,22)23/h3-9,11H,1-2H3,(H,20,21)(H2,19,22,23). The third-order valence-electron chi connectivity index (χ3n) is 3.40. The van der Waals surface area contributed by atoms with E-state index in [1.54, 1.807) is 24.3 Å². The number of nitrogens with two attached hydrogens (primary N) is 1. The summed E-state index contributed by atoms with van der Waals surface area (Å²) >= 11 is 0. The third kappa shape index (κ3) is 4.72. The number of benzene rings is 2. The normalized spacial score (nSPS) is 11.9. The fourth-order valence-electron chi connectivity index (χ4n) is 2.09. The average molecular weight is 375 g/mol. The van der Waals surface area contributed by atoms with Crippen molar-refractivity contribution in [3.63, 3.8) is 0 Å². The lowest BCUT2D eigenvalue weighted by atomic mass is 10.2. The SMILES string of the molecule is COc1ccc(NC(=O)C(C)Oc2ccc(C#N)cc2)cc1S(N)(=O)=O. The van der Waals surface area contributed by atoms with Crippen molar-refractivity contribution < 1.29 is 22.7 Å². The smallest absolute Gasteiger partial charge is 0.265 e. The summed E-state index contributed by atoms with van der Waals surface area (Å²) < 4.78 is 33.7. The van der Waals surface area contributed by atoms with Gasteiger partial charge in [0.2, 0.25) is 10.0 Å². The van der Waals surface area contributed by atoms with Gasteiger partial charge in [0.1, 0.15) is 16.4 Å². The Kier molecular flexibility index (Phi) is 5.82. The molecule has 0 spiro atoms. The molecule has 0 aliphatic carbocycles. The Balaban J connectivity index is 2.12. The van der Waals surface area contributed by atoms with Crippen LogP contribution in [-0.2, 0) is 14.8 Å². The van der Waals surface area contributed by atoms with Crippen molar-refractivity contribution in [1.29, 1.82) is 5.26 Å². The Bertz CT molecular complexity index is 949. The highest BCUT2D eigenvalue weighted by atomic mass is 32.2. The summed E-state index contributed by atoms with van der Waals surface area (Å²) in [5.41, 5.74) is 0.707. The second-order valence-corrected chi connectivity index (χ2v) is 6.83. The summed E-state index contributed by atoms with van der Waals surface area (Å²) in [6.07, 6.45) is -0.858. The van der Waals surface area contributed by atoms with Crippen LogP contribution in [0.2, 0.25) is 0 Å². The van der Waals surface area contributed by atoms with Gasteiger partial charge in [-0.1, -0.05) is 0 Å². The molecule has 1 unspecified atom stereocenters. The molecule has 0 saturated carbocycles. The number of amides is 1. The summed E-state index contributed by atoms with van der Waals surface area (Å²) in [4.78, 5) is 12.0. The molecule has 8 nitrogen and oxygen atoms in total. The van der Waals surface area contributed by atoms with E-state index in [0.717, 1.165) is 0 Å². The number of sulfonamides is 1. The summed E-state index contributed by atoms with van der Waals surface area (Å²) in [5.74, 6) is 0.0129. The first-order valence-corrected chi connectivity index (χ1v) is 8.97. The maximum atomic E-state index is 12.3. The van der Waals surface area contributed by atoms with Crippen LogP contribution in [0.5, 0.6) is 11.5 Å². The molecule has 0 bridgehead atoms. The van der Waals surface area contributed by atoms with Gasteiger partial charge in [0, 0.05) is 5.69 Å². The highest BCUT2D eigenvalue weighted by Crippen LogP contribution is 2.26. The van der Waals surface area contributed by atoms with E-state index < -0.39 is 22.0 Å². The first-order chi connectivity index (χ1) is 12.2. The average Bonchev–Trinajstić information content (AvgIpc) is 2.61. The zero-order valence-electron chi connectivity index (χ0n) is 14.1. The summed E-state index contributed by atoms with van der Waals surface area (Å²) in [7, 11) is -2.70. The molecule has 0 radical (unpaired) electrons. The lowest BCUT2D eigenvalue weighted by Crippen LogP contribution is -2.30. The van der Waals surface area contributed by atoms with Crippen LogP contribution in [-0.4, -0.2) is 27.5 Å². The molecule has 0 heterocycles. The van der Waals surface area contributed by atoms with Crippen LogP contribution < -0.4 is 19.9 Å². The fourth-order valence-corrected chi connectivity index (χ4v) is 2.81. The molecule has 0 aliphatic heterocycles. The first-order valence-electron chi connectivity index (χ1n) is 7.43. The van der Waals surface area contributed by atoms with Crippen molar-refractivity contribution >= 4 is 21.6 Å². The topological polar surface area (TPSA) is 132 Å². The van der Waals surface area contributed by atoms with Crippen molar-refractivity contribution in [2.75, 3.05) is 12.4 Å². The van der Waals surface area contributed by atoms with Gasteiger partial charge in [-0.15, -0.1) is 0 Å². The second kappa shape index (κ2) is 7.86. The summed E-state index contributed by atoms with van der Waals surface area (Å²) in [6.45, 7) is 1.54. The molecule has 0 aliphatic rings. The number of nitrogens with one attached hydrogen (secondary N) is 1. The molecule has 0 saturated heterocycles. The maximum Gasteiger partial charge on any atom is 0.265 e. The van der Waals surface area contributed by atoms with Gasteiger partial charge in [-0.2, -0.15) is 5.26 Å². The zero-order valence-corrected chi connectivity index (χ0v) is 14.9. The number of hydrogen-bond donors (Lipinski definition) is 2. The minimum atomic E-state index is -4.01. The van der Waals surface area contributed by atoms with Gasteiger partial charge in [-0.05, 0) is 49.4 Å². The van der Waals surface area contributed by atoms with E-state index in [-0.39, 0.29) is 16.3 Å². The molecule has 0 fully saturated rings. The van der Waals surface area contributed by atoms with Crippen LogP contribution in [0.15, 0.2) is 47.4 Å². The Hall–Kier alpha value is -3.09. The van der Waals surface area contributed by atoms with E-state index in [0.29, 0.717) is 11.3 Å². The maximum absolute atomic E-state index is 12.3. The molecule has 1 atom stereocenters. The van der Waals surface area contributed by atoms with Gasteiger partial charge in [0.05, 0.1) is 18.7 Å². The molecule has 0 aromatic heterocycles. The molecule has 2 rings (SSSR count). The molecule has 1 amide bonds. The van der Waals surface area contributed by atoms with E-state index in [9.17, 15) is 13.2 Å². The number of nitrogens with zero attached hydrogens (tertiary/aromatic N) is 1. The number of anilines is 1. The van der Waals surface area contributed by atoms with Crippen molar-refractivity contribution in [2.45, 2.75) is 17.9 Å². The van der Waals surface area contributed by atoms with Crippen LogP contribution in [0.1, 0.15) is 12.5 Å². The first kappa shape index (κ1) is 19.2. The van der Waals surface area contributed by atoms with Crippen molar-refractivity contribution in [3.05, 3.63) is 48.0 Å². The highest BCUT2D eigenvalue weighted by Gasteiger charge is 2.19. The van der Waals surface area contributed by atoms with Crippen LogP contribution in [0.4, 0.5) is 5.69 Å². The van der Waals surface area contributed by atoms with Crippen molar-refractivity contribution in [3.8, 4) is 17.6 Å². The number of primary sulfonamides is 1. The van der Waals surface area contributed by atoms with E-state index in [4.69, 9.17) is 19.9 Å². The van der Waals surface area contributed by atoms with Gasteiger partial charge in [0.25, 0.3) is 5.91 Å². The van der Waals surface area contributed by atoms with E-state index in [2.05, 4.69) is 5.32 Å². The van der Waals surface area contributed by atoms with Crippen LogP contribution in [0, 0.1) is 11.3 Å². The molecule has 3 N–H and O–H groups in total. The molecular weight excluding hydrogens is 358 g/mol. The number of nitriles is 1. The van der Waals surface area contributed by atoms with Gasteiger partial charge < -0.3 is 14.8 Å². The number of methoxy groups -OCH3 is 1. The van der Waals surface area contributed by atoms with E-state index >= 15 is 0 Å². The Morgan fingerprint density at radius 2 is 1.88 bits per heavy atom. The molecule has 2 aromatic rings. The Morgan fingerprint density at radius 1 is 1.23 bits per heavy atom. The molecule has 26 heavy (non-hydrogen) atoms. The van der Waals surface area contributed by atoms with Gasteiger partial charge in [-0.3, -0.25) is 4.79 Å². The second-order valence-electron chi connectivity index (χ2n) is 5.30. The minimum Gasteiger partial charge on any atom is -0.495 e. The van der Waals surface area contributed by atoms with Gasteiger partial charge in [0.15, 0.2) is 6.10 Å². The predicted molar refractivity (Wildman–Crippen MR) is 94.2 cm³/mol. The summed E-state index contributed by atoms with van der Waals surface area (Å²) in [5, 5.41) is 16.5. The van der Waals surface area contributed by atoms with Gasteiger partial charge in [-0.25, -0.2) is 13.6 Å². The quantitative estimate of drug-likeness (QED) is 0.788. The lowest BCUT2D eigenvalue weighted by Gasteiger charge is -2.15. The van der Waals surface area contributed by atoms with Crippen LogP contribution in [0.25, 0.3) is 0 Å². The van der Waals surface area contributed by atoms with Crippen molar-refractivity contribution in [2.24, 2.45) is 5.14 Å². The number of rotatable bonds is 6. The fraction of sp³-hybridized carbons (Fsp3) is 0.176. The third-order valence-corrected chi connectivity index (χ3v) is 4.34. The minimum absolute atomic E-state index is 0.0763. The molecule has 2 aromatic carbocycles. The van der Waals surface area contributed by atoms with Crippen LogP contribution in [0.3, 0.4) is 0 Å². The number of carbonyl (C=O) groups excluding carboxylic acids is 1. The van der Waals surface area contributed by atoms with E-state index in [1.807, 2.05) is 6.07 Å². The summed E-state index contributed by atoms with van der Waals surface area (Å²) in [6, 6.07) is 12.4. The Morgan fingerprint density at radius 3 is 2.42 bits per heavy atom. The highest BCUT2D eigenvalue weighted by molar-refractivity contribution is 7.89. The predicted octanol–water partition coefficient (Wildman–Crippen LogP) is 1.62.